The summed E-state index contributed by atoms with van der Waals surface area (Å²) in [5, 5.41) is 9.79. The van der Waals surface area contributed by atoms with Crippen molar-refractivity contribution >= 4 is 34.4 Å². The number of halogens is 4. The van der Waals surface area contributed by atoms with E-state index in [9.17, 15) is 23.5 Å². The van der Waals surface area contributed by atoms with E-state index in [1.807, 2.05) is 0 Å². The molecule has 4 rings (SSSR count). The fourth-order valence-electron chi connectivity index (χ4n) is 3.74. The second-order valence-electron chi connectivity index (χ2n) is 8.29. The van der Waals surface area contributed by atoms with Crippen molar-refractivity contribution in [3.63, 3.8) is 0 Å². The lowest BCUT2D eigenvalue weighted by Crippen LogP contribution is -2.39. The molecule has 0 saturated heterocycles. The average molecular weight is 555 g/mol. The van der Waals surface area contributed by atoms with Crippen LogP contribution >= 0.6 is 23.2 Å². The quantitative estimate of drug-likeness (QED) is 0.328. The highest BCUT2D eigenvalue weighted by Gasteiger charge is 2.25. The summed E-state index contributed by atoms with van der Waals surface area (Å²) >= 11 is 12.1. The summed E-state index contributed by atoms with van der Waals surface area (Å²) < 4.78 is 41.0. The molecule has 0 aliphatic heterocycles. The second-order valence-corrected chi connectivity index (χ2v) is 9.16. The van der Waals surface area contributed by atoms with Crippen molar-refractivity contribution < 1.29 is 23.4 Å². The number of rotatable bonds is 9. The van der Waals surface area contributed by atoms with Gasteiger partial charge in [0.05, 0.1) is 6.54 Å². The number of aliphatic hydroxyl groups excluding tert-OH is 1. The maximum Gasteiger partial charge on any atom is 0.394 e. The van der Waals surface area contributed by atoms with Crippen LogP contribution in [-0.4, -0.2) is 36.5 Å². The van der Waals surface area contributed by atoms with Crippen LogP contribution in [0, 0.1) is 0 Å². The van der Waals surface area contributed by atoms with Gasteiger partial charge in [0.1, 0.15) is 11.5 Å². The van der Waals surface area contributed by atoms with E-state index >= 15 is 0 Å². The van der Waals surface area contributed by atoms with Gasteiger partial charge in [0, 0.05) is 43.2 Å². The molecule has 37 heavy (non-hydrogen) atoms. The Hall–Kier alpha value is -3.41. The molecule has 0 bridgehead atoms. The van der Waals surface area contributed by atoms with Gasteiger partial charge in [-0.1, -0.05) is 35.3 Å². The molecule has 2 heterocycles. The van der Waals surface area contributed by atoms with E-state index in [2.05, 4.69) is 9.72 Å². The highest BCUT2D eigenvalue weighted by molar-refractivity contribution is 6.31. The summed E-state index contributed by atoms with van der Waals surface area (Å²) in [5.74, 6) is -0.223. The van der Waals surface area contributed by atoms with Crippen LogP contribution in [0.25, 0.3) is 11.2 Å². The van der Waals surface area contributed by atoms with Crippen LogP contribution in [0.15, 0.2) is 52.1 Å². The van der Waals surface area contributed by atoms with Crippen LogP contribution in [0.1, 0.15) is 18.9 Å². The topological polar surface area (TPSA) is 101 Å². The lowest BCUT2D eigenvalue weighted by Gasteiger charge is -2.15. The number of hydrogen-bond acceptors (Lipinski definition) is 6. The molecule has 0 atom stereocenters. The van der Waals surface area contributed by atoms with Gasteiger partial charge in [0.25, 0.3) is 5.56 Å². The molecule has 2 aromatic heterocycles. The number of alkyl halides is 2. The molecule has 0 aliphatic rings. The first-order chi connectivity index (χ1) is 17.5. The van der Waals surface area contributed by atoms with Gasteiger partial charge in [-0.2, -0.15) is 13.8 Å². The van der Waals surface area contributed by atoms with Crippen molar-refractivity contribution in [1.82, 2.24) is 18.7 Å². The Morgan fingerprint density at radius 3 is 2.35 bits per heavy atom. The van der Waals surface area contributed by atoms with Crippen molar-refractivity contribution in [2.75, 3.05) is 6.61 Å². The molecule has 2 aromatic carbocycles. The minimum atomic E-state index is -3.46. The normalized spacial score (nSPS) is 11.8. The van der Waals surface area contributed by atoms with Crippen LogP contribution in [0.4, 0.5) is 8.78 Å². The van der Waals surface area contributed by atoms with Crippen LogP contribution < -0.4 is 20.7 Å². The summed E-state index contributed by atoms with van der Waals surface area (Å²) in [6.45, 7) is 0.484. The molecule has 9 nitrogen and oxygen atoms in total. The first-order valence-corrected chi connectivity index (χ1v) is 11.8. The van der Waals surface area contributed by atoms with Crippen LogP contribution in [0.3, 0.4) is 0 Å². The molecule has 0 unspecified atom stereocenters. The fourth-order valence-corrected chi connectivity index (χ4v) is 4.08. The first kappa shape index (κ1) is 26.6. The van der Waals surface area contributed by atoms with Gasteiger partial charge in [-0.25, -0.2) is 4.79 Å². The summed E-state index contributed by atoms with van der Waals surface area (Å²) in [5.41, 5.74) is -0.369. The molecule has 0 fully saturated rings. The Labute approximate surface area is 219 Å². The largest absolute Gasteiger partial charge is 0.433 e. The Balaban J connectivity index is 1.89. The van der Waals surface area contributed by atoms with E-state index in [-0.39, 0.29) is 59.8 Å². The van der Waals surface area contributed by atoms with Gasteiger partial charge in [0.15, 0.2) is 11.2 Å². The predicted molar refractivity (Wildman–Crippen MR) is 134 cm³/mol. The molecule has 0 amide bonds. The van der Waals surface area contributed by atoms with Crippen LogP contribution in [0.5, 0.6) is 17.5 Å². The van der Waals surface area contributed by atoms with Gasteiger partial charge in [-0.15, -0.1) is 0 Å². The predicted octanol–water partition coefficient (Wildman–Crippen LogP) is 4.42. The highest BCUT2D eigenvalue weighted by Crippen LogP contribution is 2.33. The number of aromatic nitrogens is 4. The van der Waals surface area contributed by atoms with Gasteiger partial charge in [-0.3, -0.25) is 18.5 Å². The van der Waals surface area contributed by atoms with E-state index in [1.165, 1.54) is 34.4 Å². The number of benzene rings is 2. The van der Waals surface area contributed by atoms with Crippen molar-refractivity contribution in [2.24, 2.45) is 7.05 Å². The first-order valence-electron chi connectivity index (χ1n) is 11.1. The monoisotopic (exact) mass is 554 g/mol. The molecule has 0 radical (unpaired) electrons. The van der Waals surface area contributed by atoms with Crippen LogP contribution in [0.2, 0.25) is 10.0 Å². The average Bonchev–Trinajstić information content (AvgIpc) is 3.15. The van der Waals surface area contributed by atoms with Crippen molar-refractivity contribution in [2.45, 2.75) is 32.5 Å². The Morgan fingerprint density at radius 2 is 1.70 bits per heavy atom. The Kier molecular flexibility index (Phi) is 7.58. The standard InChI is InChI=1S/C24H22Cl2F2N4O5/c1-24(27,28)37-18-11-16(26)10-17(12-18)36-22-29-20-19(32(22)13-14-4-6-15(25)7-5-14)21(34)31(8-3-9-33)23(35)30(20)2/h4-7,10-12,33H,3,8-9,13H2,1-2H3. The van der Waals surface area contributed by atoms with E-state index in [4.69, 9.17) is 27.9 Å². The number of aryl methyl sites for hydroxylation is 1. The zero-order chi connectivity index (χ0) is 26.9. The van der Waals surface area contributed by atoms with Gasteiger partial charge in [0.2, 0.25) is 0 Å². The maximum absolute atomic E-state index is 13.4. The minimum Gasteiger partial charge on any atom is -0.433 e. The number of ether oxygens (including phenoxy) is 2. The lowest BCUT2D eigenvalue weighted by atomic mass is 10.2. The van der Waals surface area contributed by atoms with Gasteiger partial charge < -0.3 is 14.6 Å². The third kappa shape index (κ3) is 5.95. The number of hydrogen-bond donors (Lipinski definition) is 1. The third-order valence-electron chi connectivity index (χ3n) is 5.34. The Morgan fingerprint density at radius 1 is 1.03 bits per heavy atom. The summed E-state index contributed by atoms with van der Waals surface area (Å²) in [7, 11) is 1.46. The lowest BCUT2D eigenvalue weighted by molar-refractivity contribution is -0.158. The molecule has 0 spiro atoms. The van der Waals surface area contributed by atoms with E-state index < -0.39 is 17.4 Å². The molecule has 1 N–H and O–H groups in total. The second kappa shape index (κ2) is 10.5. The van der Waals surface area contributed by atoms with Crippen molar-refractivity contribution in [3.05, 3.63) is 78.9 Å². The van der Waals surface area contributed by atoms with E-state index in [1.54, 1.807) is 24.3 Å². The summed E-state index contributed by atoms with van der Waals surface area (Å²) in [6.07, 6.45) is -3.26. The molecule has 196 valence electrons. The maximum atomic E-state index is 13.4. The molecule has 13 heteroatoms. The number of aliphatic hydroxyl groups is 1. The molecule has 4 aromatic rings. The van der Waals surface area contributed by atoms with Gasteiger partial charge >= 0.3 is 17.8 Å². The van der Waals surface area contributed by atoms with Crippen molar-refractivity contribution in [1.29, 1.82) is 0 Å². The third-order valence-corrected chi connectivity index (χ3v) is 5.81. The zero-order valence-corrected chi connectivity index (χ0v) is 21.3. The number of fused-ring (bicyclic) bond motifs is 1. The smallest absolute Gasteiger partial charge is 0.394 e. The number of imidazole rings is 1. The van der Waals surface area contributed by atoms with E-state index in [0.29, 0.717) is 11.9 Å². The van der Waals surface area contributed by atoms with Crippen molar-refractivity contribution in [3.8, 4) is 17.5 Å². The van der Waals surface area contributed by atoms with Crippen LogP contribution in [-0.2, 0) is 20.1 Å². The molecule has 0 aliphatic carbocycles. The molecular formula is C24H22Cl2F2N4O5. The Bertz CT molecular complexity index is 1560. The fraction of sp³-hybridized carbons (Fsp3) is 0.292. The SMILES string of the molecule is Cn1c(=O)n(CCCO)c(=O)c2c1nc(Oc1cc(Cl)cc(OC(C)(F)F)c1)n2Cc1ccc(Cl)cc1. The minimum absolute atomic E-state index is 0.000480. The summed E-state index contributed by atoms with van der Waals surface area (Å²) in [4.78, 5) is 30.6. The number of nitrogens with zero attached hydrogens (tertiary/aromatic N) is 4. The summed E-state index contributed by atoms with van der Waals surface area (Å²) in [6, 6.07) is 10.5. The zero-order valence-electron chi connectivity index (χ0n) is 19.8. The molecule has 0 saturated carbocycles. The van der Waals surface area contributed by atoms with Gasteiger partial charge in [-0.05, 0) is 36.2 Å². The highest BCUT2D eigenvalue weighted by atomic mass is 35.5. The molecular weight excluding hydrogens is 533 g/mol. The van der Waals surface area contributed by atoms with E-state index in [0.717, 1.165) is 10.1 Å².